The van der Waals surface area contributed by atoms with Crippen LogP contribution >= 0.6 is 0 Å². The van der Waals surface area contributed by atoms with E-state index in [9.17, 15) is 0 Å². The second-order valence-electron chi connectivity index (χ2n) is 4.02. The average Bonchev–Trinajstić information content (AvgIpc) is 2.23. The molecule has 2 heterocycles. The molecule has 2 rings (SSSR count). The molecule has 4 heteroatoms. The second-order valence-corrected chi connectivity index (χ2v) is 4.02. The highest BCUT2D eigenvalue weighted by atomic mass is 16.5. The Morgan fingerprint density at radius 2 is 2.40 bits per heavy atom. The first-order valence-corrected chi connectivity index (χ1v) is 5.25. The van der Waals surface area contributed by atoms with Gasteiger partial charge in [0, 0.05) is 24.5 Å². The molecule has 1 atom stereocenters. The zero-order chi connectivity index (χ0) is 10.8. The Hall–Kier alpha value is -1.29. The SMILES string of the molecule is Cc1cnc(N2CCOCC2C)cc1N. The van der Waals surface area contributed by atoms with E-state index in [0.717, 1.165) is 36.8 Å². The maximum absolute atomic E-state index is 5.87. The van der Waals surface area contributed by atoms with Crippen molar-refractivity contribution >= 4 is 11.5 Å². The quantitative estimate of drug-likeness (QED) is 0.751. The van der Waals surface area contributed by atoms with Gasteiger partial charge in [-0.05, 0) is 19.4 Å². The van der Waals surface area contributed by atoms with Crippen molar-refractivity contribution in [2.24, 2.45) is 0 Å². The largest absolute Gasteiger partial charge is 0.398 e. The summed E-state index contributed by atoms with van der Waals surface area (Å²) in [5.74, 6) is 0.953. The molecule has 1 unspecified atom stereocenters. The van der Waals surface area contributed by atoms with Crippen LogP contribution in [0.3, 0.4) is 0 Å². The van der Waals surface area contributed by atoms with Gasteiger partial charge in [0.15, 0.2) is 0 Å². The van der Waals surface area contributed by atoms with Gasteiger partial charge < -0.3 is 15.4 Å². The fraction of sp³-hybridized carbons (Fsp3) is 0.545. The molecule has 0 bridgehead atoms. The van der Waals surface area contributed by atoms with Gasteiger partial charge in [0.25, 0.3) is 0 Å². The number of ether oxygens (including phenoxy) is 1. The number of nitrogen functional groups attached to an aromatic ring is 1. The first kappa shape index (κ1) is 10.2. The minimum Gasteiger partial charge on any atom is -0.398 e. The molecule has 4 nitrogen and oxygen atoms in total. The zero-order valence-electron chi connectivity index (χ0n) is 9.23. The van der Waals surface area contributed by atoms with Crippen molar-refractivity contribution in [3.8, 4) is 0 Å². The van der Waals surface area contributed by atoms with E-state index in [1.54, 1.807) is 0 Å². The molecule has 0 aromatic carbocycles. The molecule has 0 amide bonds. The Kier molecular flexibility index (Phi) is 2.77. The highest BCUT2D eigenvalue weighted by Crippen LogP contribution is 2.21. The number of pyridine rings is 1. The lowest BCUT2D eigenvalue weighted by Gasteiger charge is -2.34. The van der Waals surface area contributed by atoms with Gasteiger partial charge in [-0.15, -0.1) is 0 Å². The van der Waals surface area contributed by atoms with Crippen molar-refractivity contribution in [3.05, 3.63) is 17.8 Å². The maximum Gasteiger partial charge on any atom is 0.130 e. The minimum atomic E-state index is 0.369. The number of rotatable bonds is 1. The van der Waals surface area contributed by atoms with Crippen LogP contribution in [0.1, 0.15) is 12.5 Å². The first-order chi connectivity index (χ1) is 7.18. The lowest BCUT2D eigenvalue weighted by molar-refractivity contribution is 0.0985. The molecule has 0 radical (unpaired) electrons. The van der Waals surface area contributed by atoms with E-state index >= 15 is 0 Å². The van der Waals surface area contributed by atoms with Crippen LogP contribution in [0.2, 0.25) is 0 Å². The van der Waals surface area contributed by atoms with E-state index < -0.39 is 0 Å². The van der Waals surface area contributed by atoms with Crippen molar-refractivity contribution in [2.75, 3.05) is 30.4 Å². The number of morpholine rings is 1. The Morgan fingerprint density at radius 3 is 3.07 bits per heavy atom. The van der Waals surface area contributed by atoms with Gasteiger partial charge in [0.2, 0.25) is 0 Å². The van der Waals surface area contributed by atoms with Crippen molar-refractivity contribution in [1.29, 1.82) is 0 Å². The van der Waals surface area contributed by atoms with Crippen molar-refractivity contribution in [1.82, 2.24) is 4.98 Å². The predicted molar refractivity (Wildman–Crippen MR) is 61.0 cm³/mol. The van der Waals surface area contributed by atoms with Crippen LogP contribution in [-0.2, 0) is 4.74 Å². The summed E-state index contributed by atoms with van der Waals surface area (Å²) in [6, 6.07) is 2.31. The van der Waals surface area contributed by atoms with Crippen LogP contribution in [0, 0.1) is 6.92 Å². The third-order valence-corrected chi connectivity index (χ3v) is 2.79. The summed E-state index contributed by atoms with van der Waals surface area (Å²) in [5, 5.41) is 0. The molecule has 2 N–H and O–H groups in total. The third kappa shape index (κ3) is 2.04. The van der Waals surface area contributed by atoms with E-state index in [-0.39, 0.29) is 0 Å². The third-order valence-electron chi connectivity index (χ3n) is 2.79. The van der Waals surface area contributed by atoms with Crippen LogP contribution in [0.15, 0.2) is 12.3 Å². The molecular formula is C11H17N3O. The molecule has 0 spiro atoms. The fourth-order valence-corrected chi connectivity index (χ4v) is 1.75. The molecule has 1 aromatic heterocycles. The highest BCUT2D eigenvalue weighted by Gasteiger charge is 2.20. The molecule has 0 aliphatic carbocycles. The van der Waals surface area contributed by atoms with Gasteiger partial charge in [-0.2, -0.15) is 0 Å². The zero-order valence-corrected chi connectivity index (χ0v) is 9.23. The summed E-state index contributed by atoms with van der Waals surface area (Å²) < 4.78 is 5.39. The standard InChI is InChI=1S/C11H17N3O/c1-8-6-13-11(5-10(8)12)14-3-4-15-7-9(14)2/h5-6,9H,3-4,7H2,1-2H3,(H2,12,13). The lowest BCUT2D eigenvalue weighted by atomic mass is 10.2. The number of nitrogens with zero attached hydrogens (tertiary/aromatic N) is 2. The van der Waals surface area contributed by atoms with Gasteiger partial charge in [-0.3, -0.25) is 0 Å². The Labute approximate surface area is 90.0 Å². The van der Waals surface area contributed by atoms with Crippen molar-refractivity contribution in [3.63, 3.8) is 0 Å². The maximum atomic E-state index is 5.87. The Bertz CT molecular complexity index is 354. The Morgan fingerprint density at radius 1 is 1.60 bits per heavy atom. The molecule has 1 fully saturated rings. The van der Waals surface area contributed by atoms with Gasteiger partial charge in [0.1, 0.15) is 5.82 Å². The molecule has 82 valence electrons. The van der Waals surface area contributed by atoms with Crippen LogP contribution in [-0.4, -0.2) is 30.8 Å². The fourth-order valence-electron chi connectivity index (χ4n) is 1.75. The second kappa shape index (κ2) is 4.06. The summed E-state index contributed by atoms with van der Waals surface area (Å²) >= 11 is 0. The Balaban J connectivity index is 2.24. The minimum absolute atomic E-state index is 0.369. The average molecular weight is 207 g/mol. The van der Waals surface area contributed by atoms with Crippen LogP contribution in [0.25, 0.3) is 0 Å². The summed E-state index contributed by atoms with van der Waals surface area (Å²) in [6.07, 6.45) is 1.83. The van der Waals surface area contributed by atoms with Crippen molar-refractivity contribution in [2.45, 2.75) is 19.9 Å². The number of hydrogen-bond donors (Lipinski definition) is 1. The van der Waals surface area contributed by atoms with Gasteiger partial charge in [0.05, 0.1) is 19.3 Å². The van der Waals surface area contributed by atoms with Gasteiger partial charge >= 0.3 is 0 Å². The molecule has 1 aliphatic heterocycles. The van der Waals surface area contributed by atoms with E-state index in [1.165, 1.54) is 0 Å². The van der Waals surface area contributed by atoms with Crippen LogP contribution in [0.5, 0.6) is 0 Å². The van der Waals surface area contributed by atoms with Crippen LogP contribution < -0.4 is 10.6 Å². The van der Waals surface area contributed by atoms with Crippen LogP contribution in [0.4, 0.5) is 11.5 Å². The normalized spacial score (nSPS) is 21.7. The molecular weight excluding hydrogens is 190 g/mol. The summed E-state index contributed by atoms with van der Waals surface area (Å²) in [6.45, 7) is 6.51. The van der Waals surface area contributed by atoms with Crippen molar-refractivity contribution < 1.29 is 4.74 Å². The van der Waals surface area contributed by atoms with E-state index in [2.05, 4.69) is 16.8 Å². The number of anilines is 2. The lowest BCUT2D eigenvalue weighted by Crippen LogP contribution is -2.44. The number of hydrogen-bond acceptors (Lipinski definition) is 4. The monoisotopic (exact) mass is 207 g/mol. The summed E-state index contributed by atoms with van der Waals surface area (Å²) in [4.78, 5) is 6.64. The number of aromatic nitrogens is 1. The summed E-state index contributed by atoms with van der Waals surface area (Å²) in [5.41, 5.74) is 7.71. The van der Waals surface area contributed by atoms with E-state index in [0.29, 0.717) is 6.04 Å². The molecule has 0 saturated carbocycles. The number of nitrogens with two attached hydrogens (primary N) is 1. The molecule has 15 heavy (non-hydrogen) atoms. The van der Waals surface area contributed by atoms with Gasteiger partial charge in [-0.25, -0.2) is 4.98 Å². The predicted octanol–water partition coefficient (Wildman–Crippen LogP) is 1.20. The molecule has 1 aliphatic rings. The van der Waals surface area contributed by atoms with Gasteiger partial charge in [-0.1, -0.05) is 0 Å². The smallest absolute Gasteiger partial charge is 0.130 e. The molecule has 1 aromatic rings. The molecule has 1 saturated heterocycles. The first-order valence-electron chi connectivity index (χ1n) is 5.25. The highest BCUT2D eigenvalue weighted by molar-refractivity contribution is 5.55. The summed E-state index contributed by atoms with van der Waals surface area (Å²) in [7, 11) is 0. The van der Waals surface area contributed by atoms with E-state index in [1.807, 2.05) is 19.2 Å². The topological polar surface area (TPSA) is 51.4 Å². The van der Waals surface area contributed by atoms with E-state index in [4.69, 9.17) is 10.5 Å². The number of aryl methyl sites for hydroxylation is 1.